The summed E-state index contributed by atoms with van der Waals surface area (Å²) < 4.78 is 5.02. The Morgan fingerprint density at radius 2 is 0.831 bits per heavy atom. The van der Waals surface area contributed by atoms with Crippen LogP contribution in [0.1, 0.15) is 0 Å². The summed E-state index contributed by atoms with van der Waals surface area (Å²) in [5.74, 6) is 0. The van der Waals surface area contributed by atoms with E-state index in [0.717, 1.165) is 17.1 Å². The monoisotopic (exact) mass is 844 g/mol. The van der Waals surface area contributed by atoms with E-state index >= 15 is 0 Å². The lowest BCUT2D eigenvalue weighted by Crippen LogP contribution is -2.09. The third-order valence-corrected chi connectivity index (χ3v) is 14.3. The van der Waals surface area contributed by atoms with Gasteiger partial charge in [0, 0.05) is 53.6 Å². The molecular weight excluding hydrogens is 805 g/mol. The van der Waals surface area contributed by atoms with Crippen LogP contribution < -0.4 is 4.90 Å². The molecule has 0 fully saturated rings. The quantitative estimate of drug-likeness (QED) is 0.145. The number of rotatable bonds is 7. The highest BCUT2D eigenvalue weighted by Crippen LogP contribution is 2.43. The van der Waals surface area contributed by atoms with Crippen molar-refractivity contribution in [2.45, 2.75) is 0 Å². The standard InChI is InChI=1S/C62H40N2S/c1-2-15-51-43(12-1)24-25-47-39-45(30-36-52(47)51)42-28-33-49(34-29-42)63(50-35-37-62-57(40-50)56-19-6-10-23-61(56)65-62)48-31-26-41(27-32-48)44-13-11-14-46(38-44)53-16-3-7-20-58(53)64-59-21-8-4-17-54(59)55-18-5-9-22-60(55)64/h1-40H. The minimum absolute atomic E-state index is 1.10. The predicted octanol–water partition coefficient (Wildman–Crippen LogP) is 17.9. The minimum Gasteiger partial charge on any atom is -0.310 e. The summed E-state index contributed by atoms with van der Waals surface area (Å²) in [7, 11) is 0. The first-order valence-electron chi connectivity index (χ1n) is 22.2. The molecule has 65 heavy (non-hydrogen) atoms. The third-order valence-electron chi connectivity index (χ3n) is 13.2. The molecule has 0 N–H and O–H groups in total. The Hall–Kier alpha value is -8.24. The second kappa shape index (κ2) is 15.2. The molecule has 2 aromatic heterocycles. The average Bonchev–Trinajstić information content (AvgIpc) is 3.92. The molecule has 3 heteroatoms. The van der Waals surface area contributed by atoms with Crippen LogP contribution in [0.15, 0.2) is 243 Å². The number of nitrogens with zero attached hydrogens (tertiary/aromatic N) is 2. The lowest BCUT2D eigenvalue weighted by atomic mass is 9.97. The van der Waals surface area contributed by atoms with Gasteiger partial charge in [-0.3, -0.25) is 0 Å². The first-order chi connectivity index (χ1) is 32.2. The van der Waals surface area contributed by atoms with Gasteiger partial charge in [-0.15, -0.1) is 11.3 Å². The molecule has 2 heterocycles. The topological polar surface area (TPSA) is 8.17 Å². The largest absolute Gasteiger partial charge is 0.310 e. The van der Waals surface area contributed by atoms with Gasteiger partial charge in [0.2, 0.25) is 0 Å². The lowest BCUT2D eigenvalue weighted by molar-refractivity contribution is 1.18. The Labute approximate surface area is 381 Å². The van der Waals surface area contributed by atoms with E-state index in [2.05, 4.69) is 252 Å². The highest BCUT2D eigenvalue weighted by atomic mass is 32.1. The van der Waals surface area contributed by atoms with Gasteiger partial charge in [0.1, 0.15) is 0 Å². The molecule has 0 saturated heterocycles. The molecule has 0 spiro atoms. The maximum Gasteiger partial charge on any atom is 0.0541 e. The fraction of sp³-hybridized carbons (Fsp3) is 0. The second-order valence-corrected chi connectivity index (χ2v) is 18.0. The van der Waals surface area contributed by atoms with Crippen LogP contribution in [-0.4, -0.2) is 4.57 Å². The van der Waals surface area contributed by atoms with Crippen molar-refractivity contribution < 1.29 is 0 Å². The minimum atomic E-state index is 1.10. The zero-order chi connectivity index (χ0) is 42.8. The van der Waals surface area contributed by atoms with Crippen LogP contribution in [0.3, 0.4) is 0 Å². The SMILES string of the molecule is c1cc(-c2ccc(N(c3ccc(-c4ccc5c(ccc6ccccc65)c4)cc3)c3ccc4sc5ccccc5c4c3)cc2)cc(-c2ccccc2-n2c3ccccc3c3ccccc32)c1. The zero-order valence-corrected chi connectivity index (χ0v) is 36.2. The van der Waals surface area contributed by atoms with Crippen LogP contribution in [-0.2, 0) is 0 Å². The molecule has 0 aliphatic heterocycles. The van der Waals surface area contributed by atoms with Gasteiger partial charge >= 0.3 is 0 Å². The van der Waals surface area contributed by atoms with Crippen molar-refractivity contribution in [3.8, 4) is 39.1 Å². The molecule has 0 saturated carbocycles. The Balaban J connectivity index is 0.880. The van der Waals surface area contributed by atoms with E-state index in [1.54, 1.807) is 0 Å². The first-order valence-corrected chi connectivity index (χ1v) is 23.1. The van der Waals surface area contributed by atoms with E-state index < -0.39 is 0 Å². The Bertz CT molecular complexity index is 3900. The molecule has 0 amide bonds. The van der Waals surface area contributed by atoms with E-state index in [1.165, 1.54) is 103 Å². The first kappa shape index (κ1) is 37.3. The van der Waals surface area contributed by atoms with Crippen LogP contribution in [0.5, 0.6) is 0 Å². The van der Waals surface area contributed by atoms with Gasteiger partial charge in [-0.2, -0.15) is 0 Å². The number of hydrogen-bond acceptors (Lipinski definition) is 2. The summed E-state index contributed by atoms with van der Waals surface area (Å²) in [6.45, 7) is 0. The van der Waals surface area contributed by atoms with Crippen LogP contribution in [0, 0.1) is 0 Å². The number of thiophene rings is 1. The normalized spacial score (nSPS) is 11.7. The Morgan fingerprint density at radius 1 is 0.292 bits per heavy atom. The average molecular weight is 845 g/mol. The maximum absolute atomic E-state index is 2.42. The molecule has 0 bridgehead atoms. The van der Waals surface area contributed by atoms with Crippen LogP contribution in [0.4, 0.5) is 17.1 Å². The Morgan fingerprint density at radius 3 is 1.58 bits per heavy atom. The number of anilines is 3. The summed E-state index contributed by atoms with van der Waals surface area (Å²) in [6, 6.07) is 89.0. The fourth-order valence-corrected chi connectivity index (χ4v) is 11.1. The van der Waals surface area contributed by atoms with Crippen molar-refractivity contribution in [3.63, 3.8) is 0 Å². The van der Waals surface area contributed by atoms with Crippen LogP contribution in [0.25, 0.3) is 103 Å². The van der Waals surface area contributed by atoms with Crippen LogP contribution >= 0.6 is 11.3 Å². The molecule has 0 unspecified atom stereocenters. The van der Waals surface area contributed by atoms with Crippen molar-refractivity contribution in [2.24, 2.45) is 0 Å². The van der Waals surface area contributed by atoms with Gasteiger partial charge < -0.3 is 9.47 Å². The molecule has 13 rings (SSSR count). The molecule has 2 nitrogen and oxygen atoms in total. The molecule has 0 aliphatic rings. The van der Waals surface area contributed by atoms with Gasteiger partial charge in [0.05, 0.1) is 16.7 Å². The van der Waals surface area contributed by atoms with Gasteiger partial charge in [0.15, 0.2) is 0 Å². The summed E-state index contributed by atoms with van der Waals surface area (Å²) in [5.41, 5.74) is 14.1. The predicted molar refractivity (Wildman–Crippen MR) is 280 cm³/mol. The van der Waals surface area contributed by atoms with Gasteiger partial charge in [-0.05, 0) is 128 Å². The summed E-state index contributed by atoms with van der Waals surface area (Å²) in [5, 5.41) is 10.2. The van der Waals surface area contributed by atoms with Gasteiger partial charge in [0.25, 0.3) is 0 Å². The number of aromatic nitrogens is 1. The van der Waals surface area contributed by atoms with Gasteiger partial charge in [-0.25, -0.2) is 0 Å². The van der Waals surface area contributed by atoms with Crippen molar-refractivity contribution in [2.75, 3.05) is 4.90 Å². The molecule has 0 radical (unpaired) electrons. The fourth-order valence-electron chi connectivity index (χ4n) is 10.1. The zero-order valence-electron chi connectivity index (χ0n) is 35.4. The van der Waals surface area contributed by atoms with Crippen molar-refractivity contribution >= 4 is 91.9 Å². The number of benzene rings is 11. The van der Waals surface area contributed by atoms with E-state index in [-0.39, 0.29) is 0 Å². The lowest BCUT2D eigenvalue weighted by Gasteiger charge is -2.26. The number of hydrogen-bond donors (Lipinski definition) is 0. The van der Waals surface area contributed by atoms with E-state index in [4.69, 9.17) is 0 Å². The molecule has 0 aliphatic carbocycles. The highest BCUT2D eigenvalue weighted by Gasteiger charge is 2.18. The third kappa shape index (κ3) is 6.31. The second-order valence-electron chi connectivity index (χ2n) is 16.9. The smallest absolute Gasteiger partial charge is 0.0541 e. The number of para-hydroxylation sites is 3. The van der Waals surface area contributed by atoms with Gasteiger partial charge in [-0.1, -0.05) is 164 Å². The van der Waals surface area contributed by atoms with Crippen LogP contribution in [0.2, 0.25) is 0 Å². The molecule has 304 valence electrons. The molecular formula is C62H40N2S. The molecule has 0 atom stereocenters. The van der Waals surface area contributed by atoms with E-state index in [1.807, 2.05) is 11.3 Å². The summed E-state index contributed by atoms with van der Waals surface area (Å²) in [4.78, 5) is 2.39. The van der Waals surface area contributed by atoms with Crippen molar-refractivity contribution in [3.05, 3.63) is 243 Å². The van der Waals surface area contributed by atoms with Crippen molar-refractivity contribution in [1.29, 1.82) is 0 Å². The molecule has 13 aromatic rings. The van der Waals surface area contributed by atoms with Crippen molar-refractivity contribution in [1.82, 2.24) is 4.57 Å². The van der Waals surface area contributed by atoms with E-state index in [9.17, 15) is 0 Å². The maximum atomic E-state index is 2.42. The number of fused-ring (bicyclic) bond motifs is 9. The highest BCUT2D eigenvalue weighted by molar-refractivity contribution is 7.25. The Kier molecular flexibility index (Phi) is 8.75. The van der Waals surface area contributed by atoms with E-state index in [0.29, 0.717) is 0 Å². The summed E-state index contributed by atoms with van der Waals surface area (Å²) in [6.07, 6.45) is 0. The molecule has 11 aromatic carbocycles. The summed E-state index contributed by atoms with van der Waals surface area (Å²) >= 11 is 1.85.